The fraction of sp³-hybridized carbons (Fsp3) is 0.500. The van der Waals surface area contributed by atoms with E-state index in [0.717, 1.165) is 6.08 Å². The van der Waals surface area contributed by atoms with Crippen LogP contribution in [0.4, 0.5) is 0 Å². The molecule has 1 unspecified atom stereocenters. The van der Waals surface area contributed by atoms with E-state index in [2.05, 4.69) is 11.3 Å². The second-order valence-corrected chi connectivity index (χ2v) is 2.94. The van der Waals surface area contributed by atoms with Gasteiger partial charge in [-0.15, -0.1) is 0 Å². The Morgan fingerprint density at radius 1 is 1.41 bits per heavy atom. The van der Waals surface area contributed by atoms with Crippen molar-refractivity contribution in [2.75, 3.05) is 13.2 Å². The molecule has 0 bridgehead atoms. The molecule has 0 aromatic rings. The number of hydrogen-bond acceptors (Lipinski definition) is 6. The lowest BCUT2D eigenvalue weighted by atomic mass is 10.3. The van der Waals surface area contributed by atoms with E-state index >= 15 is 0 Å². The number of carboxylic acids is 1. The molecule has 0 rings (SSSR count). The van der Waals surface area contributed by atoms with Crippen molar-refractivity contribution < 1.29 is 34.4 Å². The van der Waals surface area contributed by atoms with Gasteiger partial charge in [-0.1, -0.05) is 6.58 Å². The van der Waals surface area contributed by atoms with Gasteiger partial charge in [0.2, 0.25) is 0 Å². The standard InChI is InChI=1S/C6H10O4.C4H6O3/c1-2-6(9)10-4-5(8)3-7;1-3(5)2-4(6)7/h2,5,7-8H,1,3-4H2;2H2,1H3,(H,6,7). The highest BCUT2D eigenvalue weighted by Gasteiger charge is 2.03. The Balaban J connectivity index is 0. The van der Waals surface area contributed by atoms with E-state index in [1.54, 1.807) is 0 Å². The van der Waals surface area contributed by atoms with Crippen LogP contribution in [0.25, 0.3) is 0 Å². The number of hydrogen-bond donors (Lipinski definition) is 3. The molecule has 0 radical (unpaired) electrons. The summed E-state index contributed by atoms with van der Waals surface area (Å²) in [5, 5.41) is 24.8. The Labute approximate surface area is 98.3 Å². The fourth-order valence-electron chi connectivity index (χ4n) is 0.503. The number of carbonyl (C=O) groups excluding carboxylic acids is 2. The zero-order valence-electron chi connectivity index (χ0n) is 9.46. The first-order valence-corrected chi connectivity index (χ1v) is 4.62. The minimum Gasteiger partial charge on any atom is -0.481 e. The smallest absolute Gasteiger partial charge is 0.330 e. The Bertz CT molecular complexity index is 260. The molecule has 0 fully saturated rings. The molecule has 1 atom stereocenters. The summed E-state index contributed by atoms with van der Waals surface area (Å²) in [6.07, 6.45) is -0.367. The predicted molar refractivity (Wildman–Crippen MR) is 57.2 cm³/mol. The molecule has 3 N–H and O–H groups in total. The van der Waals surface area contributed by atoms with Gasteiger partial charge in [0.1, 0.15) is 24.9 Å². The minimum absolute atomic E-state index is 0.193. The average Bonchev–Trinajstić information content (AvgIpc) is 2.24. The Kier molecular flexibility index (Phi) is 11.2. The Morgan fingerprint density at radius 2 is 1.94 bits per heavy atom. The highest BCUT2D eigenvalue weighted by molar-refractivity contribution is 5.93. The van der Waals surface area contributed by atoms with Crippen LogP contribution in [0.15, 0.2) is 12.7 Å². The molecular weight excluding hydrogens is 232 g/mol. The molecule has 0 aliphatic heterocycles. The molecule has 0 aliphatic rings. The van der Waals surface area contributed by atoms with Gasteiger partial charge in [-0.2, -0.15) is 0 Å². The lowest BCUT2D eigenvalue weighted by Gasteiger charge is -2.05. The molecule has 17 heavy (non-hydrogen) atoms. The maximum absolute atomic E-state index is 10.3. The summed E-state index contributed by atoms with van der Waals surface area (Å²) in [7, 11) is 0. The minimum atomic E-state index is -1.06. The number of esters is 1. The number of Topliss-reactive ketones (excluding diaryl/α,β-unsaturated/α-hetero) is 1. The number of aliphatic carboxylic acids is 1. The number of ketones is 1. The number of aliphatic hydroxyl groups is 2. The molecule has 0 aromatic carbocycles. The van der Waals surface area contributed by atoms with Gasteiger partial charge < -0.3 is 20.1 Å². The van der Waals surface area contributed by atoms with Gasteiger partial charge in [-0.25, -0.2) is 4.79 Å². The fourth-order valence-corrected chi connectivity index (χ4v) is 0.503. The van der Waals surface area contributed by atoms with Crippen molar-refractivity contribution in [3.63, 3.8) is 0 Å². The lowest BCUT2D eigenvalue weighted by Crippen LogP contribution is -2.21. The molecule has 0 spiro atoms. The first-order valence-electron chi connectivity index (χ1n) is 4.62. The lowest BCUT2D eigenvalue weighted by molar-refractivity contribution is -0.141. The summed E-state index contributed by atoms with van der Waals surface area (Å²) in [4.78, 5) is 29.8. The predicted octanol–water partition coefficient (Wildman–Crippen LogP) is -0.881. The third-order valence-electron chi connectivity index (χ3n) is 1.20. The topological polar surface area (TPSA) is 121 Å². The van der Waals surface area contributed by atoms with Crippen LogP contribution in [0.3, 0.4) is 0 Å². The van der Waals surface area contributed by atoms with Crippen molar-refractivity contribution >= 4 is 17.7 Å². The molecule has 98 valence electrons. The van der Waals surface area contributed by atoms with E-state index in [0.29, 0.717) is 0 Å². The SMILES string of the molecule is C=CC(=O)OCC(O)CO.CC(=O)CC(=O)O. The maximum Gasteiger partial charge on any atom is 0.330 e. The maximum atomic E-state index is 10.3. The van der Waals surface area contributed by atoms with E-state index in [-0.39, 0.29) is 18.8 Å². The van der Waals surface area contributed by atoms with Crippen LogP contribution in [0, 0.1) is 0 Å². The van der Waals surface area contributed by atoms with Gasteiger partial charge in [0, 0.05) is 6.08 Å². The molecule has 0 heterocycles. The van der Waals surface area contributed by atoms with Crippen molar-refractivity contribution in [3.8, 4) is 0 Å². The molecule has 7 nitrogen and oxygen atoms in total. The van der Waals surface area contributed by atoms with E-state index in [1.807, 2.05) is 0 Å². The van der Waals surface area contributed by atoms with Crippen LogP contribution < -0.4 is 0 Å². The van der Waals surface area contributed by atoms with Gasteiger partial charge in [-0.05, 0) is 6.92 Å². The molecule has 0 aliphatic carbocycles. The quantitative estimate of drug-likeness (QED) is 0.317. The van der Waals surface area contributed by atoms with Crippen LogP contribution in [0.2, 0.25) is 0 Å². The van der Waals surface area contributed by atoms with Crippen LogP contribution in [0.1, 0.15) is 13.3 Å². The highest BCUT2D eigenvalue weighted by atomic mass is 16.5. The Hall–Kier alpha value is -1.73. The average molecular weight is 248 g/mol. The van der Waals surface area contributed by atoms with E-state index < -0.39 is 24.6 Å². The van der Waals surface area contributed by atoms with Gasteiger partial charge in [0.25, 0.3) is 0 Å². The summed E-state index contributed by atoms with van der Waals surface area (Å²) in [6, 6.07) is 0. The third-order valence-corrected chi connectivity index (χ3v) is 1.20. The van der Waals surface area contributed by atoms with Gasteiger partial charge >= 0.3 is 11.9 Å². The summed E-state index contributed by atoms with van der Waals surface area (Å²) in [5.41, 5.74) is 0. The Morgan fingerprint density at radius 3 is 2.18 bits per heavy atom. The molecule has 0 aromatic heterocycles. The van der Waals surface area contributed by atoms with Crippen molar-refractivity contribution in [2.45, 2.75) is 19.4 Å². The molecule has 0 saturated heterocycles. The van der Waals surface area contributed by atoms with Crippen molar-refractivity contribution in [3.05, 3.63) is 12.7 Å². The van der Waals surface area contributed by atoms with Crippen LogP contribution in [-0.2, 0) is 19.1 Å². The largest absolute Gasteiger partial charge is 0.481 e. The second-order valence-electron chi connectivity index (χ2n) is 2.94. The molecule has 0 amide bonds. The molecule has 7 heteroatoms. The number of carboxylic acid groups (broad SMARTS) is 1. The summed E-state index contributed by atoms with van der Waals surface area (Å²) in [5.74, 6) is -1.98. The van der Waals surface area contributed by atoms with Crippen molar-refractivity contribution in [1.82, 2.24) is 0 Å². The van der Waals surface area contributed by atoms with Crippen LogP contribution in [0.5, 0.6) is 0 Å². The number of ether oxygens (including phenoxy) is 1. The van der Waals surface area contributed by atoms with Gasteiger partial charge in [0.05, 0.1) is 6.61 Å². The zero-order valence-corrected chi connectivity index (χ0v) is 9.46. The highest BCUT2D eigenvalue weighted by Crippen LogP contribution is 1.84. The van der Waals surface area contributed by atoms with E-state index in [1.165, 1.54) is 6.92 Å². The number of rotatable bonds is 6. The monoisotopic (exact) mass is 248 g/mol. The third kappa shape index (κ3) is 16.9. The number of carbonyl (C=O) groups is 3. The first kappa shape index (κ1) is 17.7. The molecular formula is C10H16O7. The van der Waals surface area contributed by atoms with Gasteiger partial charge in [-0.3, -0.25) is 9.59 Å². The summed E-state index contributed by atoms with van der Waals surface area (Å²) < 4.78 is 4.38. The van der Waals surface area contributed by atoms with E-state index in [9.17, 15) is 14.4 Å². The second kappa shape index (κ2) is 10.8. The first-order chi connectivity index (χ1) is 7.83. The van der Waals surface area contributed by atoms with Crippen LogP contribution in [-0.4, -0.2) is 52.4 Å². The van der Waals surface area contributed by atoms with Crippen LogP contribution >= 0.6 is 0 Å². The zero-order chi connectivity index (χ0) is 13.8. The molecule has 0 saturated carbocycles. The van der Waals surface area contributed by atoms with Gasteiger partial charge in [0.15, 0.2) is 0 Å². The number of aliphatic hydroxyl groups excluding tert-OH is 2. The van der Waals surface area contributed by atoms with E-state index in [4.69, 9.17) is 15.3 Å². The summed E-state index contributed by atoms with van der Waals surface area (Å²) >= 11 is 0. The summed E-state index contributed by atoms with van der Waals surface area (Å²) in [6.45, 7) is 3.78. The van der Waals surface area contributed by atoms with Crippen molar-refractivity contribution in [1.29, 1.82) is 0 Å². The van der Waals surface area contributed by atoms with Crippen molar-refractivity contribution in [2.24, 2.45) is 0 Å². The normalized spacial score (nSPS) is 10.5.